The Morgan fingerprint density at radius 3 is 2.52 bits per heavy atom. The largest absolute Gasteiger partial charge is 0.496 e. The highest BCUT2D eigenvalue weighted by atomic mass is 79.9. The predicted octanol–water partition coefficient (Wildman–Crippen LogP) is 2.42. The summed E-state index contributed by atoms with van der Waals surface area (Å²) in [6, 6.07) is 3.81. The van der Waals surface area contributed by atoms with E-state index in [9.17, 15) is 25.0 Å². The zero-order valence-corrected chi connectivity index (χ0v) is 14.6. The summed E-state index contributed by atoms with van der Waals surface area (Å²) >= 11 is 3.05. The van der Waals surface area contributed by atoms with Crippen LogP contribution in [0.3, 0.4) is 0 Å². The van der Waals surface area contributed by atoms with Crippen LogP contribution < -0.4 is 10.1 Å². The van der Waals surface area contributed by atoms with Crippen molar-refractivity contribution in [3.8, 4) is 5.75 Å². The first-order chi connectivity index (χ1) is 11.7. The van der Waals surface area contributed by atoms with Gasteiger partial charge in [-0.1, -0.05) is 0 Å². The number of nitrogens with one attached hydrogen (secondary N) is 1. The van der Waals surface area contributed by atoms with E-state index in [1.165, 1.54) is 25.3 Å². The fourth-order valence-corrected chi connectivity index (χ4v) is 2.42. The maximum absolute atomic E-state index is 12.1. The molecule has 1 aromatic heterocycles. The topological polar surface area (TPSA) is 142 Å². The molecule has 1 aromatic carbocycles. The van der Waals surface area contributed by atoms with Crippen molar-refractivity contribution < 1.29 is 19.4 Å². The molecule has 0 spiro atoms. The summed E-state index contributed by atoms with van der Waals surface area (Å²) in [5, 5.41) is 28.0. The summed E-state index contributed by atoms with van der Waals surface area (Å²) < 4.78 is 6.30. The Hall–Kier alpha value is -3.02. The lowest BCUT2D eigenvalue weighted by Crippen LogP contribution is -2.20. The third-order valence-corrected chi connectivity index (χ3v) is 4.13. The van der Waals surface area contributed by atoms with Crippen molar-refractivity contribution in [1.29, 1.82) is 0 Å². The van der Waals surface area contributed by atoms with Gasteiger partial charge in [-0.25, -0.2) is 0 Å². The van der Waals surface area contributed by atoms with Crippen molar-refractivity contribution in [2.75, 3.05) is 12.4 Å². The van der Waals surface area contributed by atoms with Crippen molar-refractivity contribution in [3.05, 3.63) is 48.6 Å². The van der Waals surface area contributed by atoms with Crippen molar-refractivity contribution in [2.45, 2.75) is 13.5 Å². The molecule has 0 fully saturated rings. The minimum absolute atomic E-state index is 0.162. The standard InChI is InChI=1S/C13H12BrN5O6/c1-7-12(14)13(19(23)24)16-17(7)6-11(20)15-8-3-9(18(21)22)5-10(4-8)25-2/h3-5H,6H2,1-2H3,(H,15,20). The molecule has 2 rings (SSSR count). The van der Waals surface area contributed by atoms with Crippen LogP contribution in [0.4, 0.5) is 17.2 Å². The molecule has 0 saturated heterocycles. The highest BCUT2D eigenvalue weighted by Gasteiger charge is 2.24. The zero-order valence-electron chi connectivity index (χ0n) is 13.1. The maximum Gasteiger partial charge on any atom is 0.404 e. The van der Waals surface area contributed by atoms with E-state index in [1.807, 2.05) is 0 Å². The minimum atomic E-state index is -0.670. The van der Waals surface area contributed by atoms with Gasteiger partial charge in [0.15, 0.2) is 0 Å². The third-order valence-electron chi connectivity index (χ3n) is 3.20. The normalized spacial score (nSPS) is 10.4. The van der Waals surface area contributed by atoms with E-state index >= 15 is 0 Å². The van der Waals surface area contributed by atoms with Gasteiger partial charge in [0.1, 0.15) is 16.8 Å². The van der Waals surface area contributed by atoms with Gasteiger partial charge in [0, 0.05) is 12.1 Å². The fraction of sp³-hybridized carbons (Fsp3) is 0.231. The summed E-state index contributed by atoms with van der Waals surface area (Å²) in [5.41, 5.74) is 0.316. The highest BCUT2D eigenvalue weighted by molar-refractivity contribution is 9.10. The molecule has 0 bridgehead atoms. The number of nitro benzene ring substituents is 1. The Morgan fingerprint density at radius 2 is 2.00 bits per heavy atom. The Bertz CT molecular complexity index is 865. The summed E-state index contributed by atoms with van der Waals surface area (Å²) in [5.74, 6) is -0.754. The monoisotopic (exact) mass is 413 g/mol. The number of nitrogens with zero attached hydrogens (tertiary/aromatic N) is 4. The lowest BCUT2D eigenvalue weighted by Gasteiger charge is -2.07. The smallest absolute Gasteiger partial charge is 0.404 e. The van der Waals surface area contributed by atoms with Crippen molar-refractivity contribution in [2.24, 2.45) is 0 Å². The van der Waals surface area contributed by atoms with Gasteiger partial charge in [-0.05, 0) is 27.8 Å². The highest BCUT2D eigenvalue weighted by Crippen LogP contribution is 2.28. The van der Waals surface area contributed by atoms with E-state index in [0.717, 1.165) is 4.68 Å². The molecule has 0 radical (unpaired) electrons. The molecule has 1 heterocycles. The van der Waals surface area contributed by atoms with Crippen molar-refractivity contribution in [3.63, 3.8) is 0 Å². The second-order valence-corrected chi connectivity index (χ2v) is 5.66. The molecule has 0 saturated carbocycles. The number of hydrogen-bond donors (Lipinski definition) is 1. The van der Waals surface area contributed by atoms with E-state index in [2.05, 4.69) is 26.3 Å². The number of halogens is 1. The number of amides is 1. The Morgan fingerprint density at radius 1 is 1.32 bits per heavy atom. The first-order valence-corrected chi connectivity index (χ1v) is 7.53. The third kappa shape index (κ3) is 4.09. The number of carbonyl (C=O) groups is 1. The molecular weight excluding hydrogens is 402 g/mol. The molecule has 25 heavy (non-hydrogen) atoms. The van der Waals surface area contributed by atoms with Crippen LogP contribution in [0.25, 0.3) is 0 Å². The molecule has 0 unspecified atom stereocenters. The van der Waals surface area contributed by atoms with Crippen LogP contribution in [0, 0.1) is 27.2 Å². The first-order valence-electron chi connectivity index (χ1n) is 6.73. The van der Waals surface area contributed by atoms with Gasteiger partial charge >= 0.3 is 5.82 Å². The van der Waals surface area contributed by atoms with Crippen LogP contribution in [0.2, 0.25) is 0 Å². The van der Waals surface area contributed by atoms with E-state index in [1.54, 1.807) is 6.92 Å². The quantitative estimate of drug-likeness (QED) is 0.565. The number of anilines is 1. The average Bonchev–Trinajstić information content (AvgIpc) is 2.82. The number of non-ortho nitro benzene ring substituents is 1. The maximum atomic E-state index is 12.1. The molecular formula is C13H12BrN5O6. The molecule has 1 amide bonds. The number of ether oxygens (including phenoxy) is 1. The molecule has 1 N–H and O–H groups in total. The summed E-state index contributed by atoms with van der Waals surface area (Å²) in [7, 11) is 1.34. The van der Waals surface area contributed by atoms with Gasteiger partial charge in [0.2, 0.25) is 5.91 Å². The van der Waals surface area contributed by atoms with Gasteiger partial charge in [0.25, 0.3) is 5.69 Å². The molecule has 0 aliphatic rings. The number of aromatic nitrogens is 2. The van der Waals surface area contributed by atoms with Crippen LogP contribution in [0.15, 0.2) is 22.7 Å². The second-order valence-electron chi connectivity index (χ2n) is 4.86. The van der Waals surface area contributed by atoms with Gasteiger partial charge in [-0.3, -0.25) is 14.9 Å². The van der Waals surface area contributed by atoms with E-state index < -0.39 is 21.6 Å². The first kappa shape index (κ1) is 18.3. The SMILES string of the molecule is COc1cc(NC(=O)Cn2nc([N+](=O)[O-])c(Br)c2C)cc([N+](=O)[O-])c1. The summed E-state index contributed by atoms with van der Waals surface area (Å²) in [4.78, 5) is 32.6. The van der Waals surface area contributed by atoms with Crippen LogP contribution in [-0.2, 0) is 11.3 Å². The number of methoxy groups -OCH3 is 1. The lowest BCUT2D eigenvalue weighted by molar-refractivity contribution is -0.390. The summed E-state index contributed by atoms with van der Waals surface area (Å²) in [6.07, 6.45) is 0. The second kappa shape index (κ2) is 7.25. The number of benzene rings is 1. The molecule has 2 aromatic rings. The van der Waals surface area contributed by atoms with E-state index in [4.69, 9.17) is 4.74 Å². The zero-order chi connectivity index (χ0) is 18.7. The van der Waals surface area contributed by atoms with Gasteiger partial charge in [-0.15, -0.1) is 0 Å². The number of carbonyl (C=O) groups excluding carboxylic acids is 1. The van der Waals surface area contributed by atoms with E-state index in [-0.39, 0.29) is 28.1 Å². The Balaban J connectivity index is 2.21. The average molecular weight is 414 g/mol. The molecule has 0 aliphatic heterocycles. The van der Waals surface area contributed by atoms with E-state index in [0.29, 0.717) is 5.69 Å². The number of nitro groups is 2. The number of rotatable bonds is 6. The van der Waals surface area contributed by atoms with Crippen molar-refractivity contribution >= 4 is 39.0 Å². The van der Waals surface area contributed by atoms with Crippen LogP contribution >= 0.6 is 15.9 Å². The fourth-order valence-electron chi connectivity index (χ4n) is 1.99. The van der Waals surface area contributed by atoms with Crippen LogP contribution in [-0.4, -0.2) is 32.6 Å². The van der Waals surface area contributed by atoms with Crippen LogP contribution in [0.5, 0.6) is 5.75 Å². The number of hydrogen-bond acceptors (Lipinski definition) is 7. The molecule has 0 atom stereocenters. The predicted molar refractivity (Wildman–Crippen MR) is 89.6 cm³/mol. The van der Waals surface area contributed by atoms with Gasteiger partial charge in [0.05, 0.1) is 34.6 Å². The van der Waals surface area contributed by atoms with Gasteiger partial charge < -0.3 is 20.2 Å². The molecule has 12 heteroatoms. The molecule has 11 nitrogen and oxygen atoms in total. The molecule has 0 aliphatic carbocycles. The van der Waals surface area contributed by atoms with Crippen molar-refractivity contribution in [1.82, 2.24) is 9.78 Å². The Labute approximate surface area is 149 Å². The lowest BCUT2D eigenvalue weighted by atomic mass is 10.2. The molecule has 132 valence electrons. The summed E-state index contributed by atoms with van der Waals surface area (Å²) in [6.45, 7) is 1.26. The van der Waals surface area contributed by atoms with Crippen LogP contribution in [0.1, 0.15) is 5.69 Å². The minimum Gasteiger partial charge on any atom is -0.496 e. The van der Waals surface area contributed by atoms with Gasteiger partial charge in [-0.2, -0.15) is 4.68 Å². The Kier molecular flexibility index (Phi) is 5.32.